The number of piperidine rings is 1. The highest BCUT2D eigenvalue weighted by atomic mass is 16.2. The monoisotopic (exact) mass is 246 g/mol. The lowest BCUT2D eigenvalue weighted by Crippen LogP contribution is -2.42. The molecular formula is C14H18N2O2. The van der Waals surface area contributed by atoms with Gasteiger partial charge in [0.05, 0.1) is 0 Å². The van der Waals surface area contributed by atoms with Crippen LogP contribution in [0.15, 0.2) is 30.3 Å². The molecule has 18 heavy (non-hydrogen) atoms. The van der Waals surface area contributed by atoms with E-state index in [-0.39, 0.29) is 17.7 Å². The van der Waals surface area contributed by atoms with Crippen LogP contribution in [0.2, 0.25) is 0 Å². The van der Waals surface area contributed by atoms with Crippen molar-refractivity contribution in [3.05, 3.63) is 30.3 Å². The summed E-state index contributed by atoms with van der Waals surface area (Å²) < 4.78 is 0. The number of para-hydroxylation sites is 1. The molecule has 4 heteroatoms. The zero-order chi connectivity index (χ0) is 13.0. The van der Waals surface area contributed by atoms with Gasteiger partial charge in [-0.25, -0.2) is 0 Å². The Morgan fingerprint density at radius 1 is 1.39 bits per heavy atom. The topological polar surface area (TPSA) is 49.4 Å². The molecule has 4 nitrogen and oxygen atoms in total. The van der Waals surface area contributed by atoms with Crippen LogP contribution < -0.4 is 10.2 Å². The SMILES string of the molecule is CC(=O)NCC1CCN(c2ccccc2)C(=O)C1. The van der Waals surface area contributed by atoms with E-state index in [1.54, 1.807) is 0 Å². The molecule has 0 spiro atoms. The maximum absolute atomic E-state index is 12.1. The van der Waals surface area contributed by atoms with E-state index in [0.717, 1.165) is 18.7 Å². The maximum Gasteiger partial charge on any atom is 0.227 e. The Bertz CT molecular complexity index is 431. The number of nitrogens with zero attached hydrogens (tertiary/aromatic N) is 1. The van der Waals surface area contributed by atoms with Crippen molar-refractivity contribution in [3.63, 3.8) is 0 Å². The van der Waals surface area contributed by atoms with Crippen molar-refractivity contribution in [3.8, 4) is 0 Å². The van der Waals surface area contributed by atoms with Crippen molar-refractivity contribution in [1.82, 2.24) is 5.32 Å². The largest absolute Gasteiger partial charge is 0.356 e. The van der Waals surface area contributed by atoms with Gasteiger partial charge in [0.1, 0.15) is 0 Å². The number of hydrogen-bond donors (Lipinski definition) is 1. The minimum Gasteiger partial charge on any atom is -0.356 e. The fourth-order valence-electron chi connectivity index (χ4n) is 2.24. The summed E-state index contributed by atoms with van der Waals surface area (Å²) in [7, 11) is 0. The molecular weight excluding hydrogens is 228 g/mol. The summed E-state index contributed by atoms with van der Waals surface area (Å²) >= 11 is 0. The van der Waals surface area contributed by atoms with Crippen molar-refractivity contribution >= 4 is 17.5 Å². The Balaban J connectivity index is 1.93. The van der Waals surface area contributed by atoms with Crippen LogP contribution in [0.1, 0.15) is 19.8 Å². The highest BCUT2D eigenvalue weighted by molar-refractivity contribution is 5.94. The second kappa shape index (κ2) is 5.67. The quantitative estimate of drug-likeness (QED) is 0.880. The number of carbonyl (C=O) groups is 2. The minimum absolute atomic E-state index is 0.0343. The maximum atomic E-state index is 12.1. The van der Waals surface area contributed by atoms with E-state index < -0.39 is 0 Å². The molecule has 0 aliphatic carbocycles. The number of benzene rings is 1. The third kappa shape index (κ3) is 3.09. The molecule has 1 aliphatic heterocycles. The first-order valence-electron chi connectivity index (χ1n) is 6.26. The zero-order valence-electron chi connectivity index (χ0n) is 10.6. The van der Waals surface area contributed by atoms with Gasteiger partial charge in [-0.1, -0.05) is 18.2 Å². The molecule has 1 saturated heterocycles. The lowest BCUT2D eigenvalue weighted by atomic mass is 9.95. The van der Waals surface area contributed by atoms with Crippen molar-refractivity contribution in [1.29, 1.82) is 0 Å². The van der Waals surface area contributed by atoms with Crippen LogP contribution in [0, 0.1) is 5.92 Å². The summed E-state index contributed by atoms with van der Waals surface area (Å²) in [5.74, 6) is 0.372. The molecule has 0 saturated carbocycles. The van der Waals surface area contributed by atoms with Gasteiger partial charge in [0.2, 0.25) is 11.8 Å². The molecule has 1 atom stereocenters. The van der Waals surface area contributed by atoms with Gasteiger partial charge < -0.3 is 10.2 Å². The summed E-state index contributed by atoms with van der Waals surface area (Å²) in [6.45, 7) is 2.83. The molecule has 1 fully saturated rings. The summed E-state index contributed by atoms with van der Waals surface area (Å²) in [4.78, 5) is 24.7. The molecule has 2 rings (SSSR count). The molecule has 1 N–H and O–H groups in total. The molecule has 0 radical (unpaired) electrons. The van der Waals surface area contributed by atoms with Gasteiger partial charge in [-0.15, -0.1) is 0 Å². The predicted octanol–water partition coefficient (Wildman–Crippen LogP) is 1.57. The first-order valence-corrected chi connectivity index (χ1v) is 6.26. The van der Waals surface area contributed by atoms with Gasteiger partial charge in [-0.3, -0.25) is 9.59 Å². The van der Waals surface area contributed by atoms with E-state index >= 15 is 0 Å². The second-order valence-electron chi connectivity index (χ2n) is 4.68. The zero-order valence-corrected chi connectivity index (χ0v) is 10.6. The van der Waals surface area contributed by atoms with E-state index in [4.69, 9.17) is 0 Å². The van der Waals surface area contributed by atoms with Crippen LogP contribution in [0.4, 0.5) is 5.69 Å². The predicted molar refractivity (Wildman–Crippen MR) is 70.2 cm³/mol. The van der Waals surface area contributed by atoms with Crippen LogP contribution in [0.3, 0.4) is 0 Å². The summed E-state index contributed by atoms with van der Waals surface area (Å²) in [6.07, 6.45) is 1.44. The molecule has 1 aliphatic rings. The van der Waals surface area contributed by atoms with Crippen LogP contribution in [-0.4, -0.2) is 24.9 Å². The molecule has 96 valence electrons. The van der Waals surface area contributed by atoms with Crippen LogP contribution in [0.5, 0.6) is 0 Å². The van der Waals surface area contributed by atoms with Crippen molar-refractivity contribution in [2.24, 2.45) is 5.92 Å². The number of carbonyl (C=O) groups excluding carboxylic acids is 2. The fraction of sp³-hybridized carbons (Fsp3) is 0.429. The first-order chi connectivity index (χ1) is 8.66. The van der Waals surface area contributed by atoms with Gasteiger partial charge in [0.15, 0.2) is 0 Å². The second-order valence-corrected chi connectivity index (χ2v) is 4.68. The van der Waals surface area contributed by atoms with Crippen LogP contribution in [-0.2, 0) is 9.59 Å². The highest BCUT2D eigenvalue weighted by Gasteiger charge is 2.26. The molecule has 0 bridgehead atoms. The molecule has 1 unspecified atom stereocenters. The third-order valence-electron chi connectivity index (χ3n) is 3.23. The molecule has 1 aromatic rings. The average molecular weight is 246 g/mol. The normalized spacial score (nSPS) is 19.7. The van der Waals surface area contributed by atoms with Gasteiger partial charge in [0, 0.05) is 32.1 Å². The Labute approximate surface area is 107 Å². The van der Waals surface area contributed by atoms with Crippen molar-refractivity contribution < 1.29 is 9.59 Å². The van der Waals surface area contributed by atoms with E-state index in [9.17, 15) is 9.59 Å². The lowest BCUT2D eigenvalue weighted by Gasteiger charge is -2.31. The van der Waals surface area contributed by atoms with Crippen molar-refractivity contribution in [2.75, 3.05) is 18.0 Å². The Kier molecular flexibility index (Phi) is 3.97. The number of amides is 2. The summed E-state index contributed by atoms with van der Waals surface area (Å²) in [5, 5.41) is 2.78. The van der Waals surface area contributed by atoms with Crippen LogP contribution in [0.25, 0.3) is 0 Å². The van der Waals surface area contributed by atoms with Gasteiger partial charge in [-0.2, -0.15) is 0 Å². The van der Waals surface area contributed by atoms with E-state index in [1.807, 2.05) is 35.2 Å². The van der Waals surface area contributed by atoms with Crippen molar-refractivity contribution in [2.45, 2.75) is 19.8 Å². The molecule has 1 heterocycles. The number of nitrogens with one attached hydrogen (secondary N) is 1. The van der Waals surface area contributed by atoms with Gasteiger partial charge in [-0.05, 0) is 24.5 Å². The number of hydrogen-bond acceptors (Lipinski definition) is 2. The third-order valence-corrected chi connectivity index (χ3v) is 3.23. The molecule has 2 amide bonds. The standard InChI is InChI=1S/C14H18N2O2/c1-11(17)15-10-12-7-8-16(14(18)9-12)13-5-3-2-4-6-13/h2-6,12H,7-10H2,1H3,(H,15,17). The number of rotatable bonds is 3. The highest BCUT2D eigenvalue weighted by Crippen LogP contribution is 2.23. The average Bonchev–Trinajstić information content (AvgIpc) is 2.37. The lowest BCUT2D eigenvalue weighted by molar-refractivity contribution is -0.122. The minimum atomic E-state index is -0.0343. The van der Waals surface area contributed by atoms with E-state index in [1.165, 1.54) is 6.92 Å². The van der Waals surface area contributed by atoms with Crippen LogP contribution >= 0.6 is 0 Å². The Hall–Kier alpha value is -1.84. The number of anilines is 1. The Morgan fingerprint density at radius 2 is 2.11 bits per heavy atom. The van der Waals surface area contributed by atoms with E-state index in [0.29, 0.717) is 13.0 Å². The summed E-state index contributed by atoms with van der Waals surface area (Å²) in [6, 6.07) is 9.72. The van der Waals surface area contributed by atoms with E-state index in [2.05, 4.69) is 5.32 Å². The fourth-order valence-corrected chi connectivity index (χ4v) is 2.24. The Morgan fingerprint density at radius 3 is 2.72 bits per heavy atom. The molecule has 0 aromatic heterocycles. The van der Waals surface area contributed by atoms with Gasteiger partial charge in [0.25, 0.3) is 0 Å². The smallest absolute Gasteiger partial charge is 0.227 e. The summed E-state index contributed by atoms with van der Waals surface area (Å²) in [5.41, 5.74) is 0.959. The first kappa shape index (κ1) is 12.6. The van der Waals surface area contributed by atoms with Gasteiger partial charge >= 0.3 is 0 Å². The molecule has 1 aromatic carbocycles.